The maximum Gasteiger partial charge on any atom is 0.315 e. The highest BCUT2D eigenvalue weighted by molar-refractivity contribution is 6.30. The number of nitrogens with one attached hydrogen (secondary N) is 2. The number of amides is 2. The van der Waals surface area contributed by atoms with E-state index in [0.717, 1.165) is 5.56 Å². The first-order valence-electron chi connectivity index (χ1n) is 6.60. The Hall–Kier alpha value is -1.75. The van der Waals surface area contributed by atoms with Gasteiger partial charge in [0.1, 0.15) is 0 Å². The molecule has 0 spiro atoms. The average molecular weight is 313 g/mol. The van der Waals surface area contributed by atoms with Gasteiger partial charge in [-0.3, -0.25) is 4.79 Å². The van der Waals surface area contributed by atoms with E-state index in [-0.39, 0.29) is 0 Å². The zero-order valence-corrected chi connectivity index (χ0v) is 13.4. The summed E-state index contributed by atoms with van der Waals surface area (Å²) in [7, 11) is 0. The van der Waals surface area contributed by atoms with Crippen LogP contribution in [0, 0.1) is 5.41 Å². The van der Waals surface area contributed by atoms with Gasteiger partial charge in [0.2, 0.25) is 0 Å². The second kappa shape index (κ2) is 6.35. The van der Waals surface area contributed by atoms with E-state index in [9.17, 15) is 14.7 Å². The van der Waals surface area contributed by atoms with Crippen LogP contribution in [0.5, 0.6) is 0 Å². The molecular weight excluding hydrogens is 292 g/mol. The van der Waals surface area contributed by atoms with Crippen molar-refractivity contribution in [2.45, 2.75) is 39.8 Å². The van der Waals surface area contributed by atoms with Crippen molar-refractivity contribution in [2.24, 2.45) is 5.41 Å². The summed E-state index contributed by atoms with van der Waals surface area (Å²) in [6.07, 6.45) is 0. The number of benzene rings is 1. The monoisotopic (exact) mass is 312 g/mol. The van der Waals surface area contributed by atoms with E-state index in [1.807, 2.05) is 12.1 Å². The van der Waals surface area contributed by atoms with Gasteiger partial charge >= 0.3 is 12.0 Å². The predicted octanol–water partition coefficient (Wildman–Crippen LogP) is 3.03. The Kier molecular flexibility index (Phi) is 5.23. The fraction of sp³-hybridized carbons (Fsp3) is 0.467. The fourth-order valence-electron chi connectivity index (χ4n) is 1.54. The van der Waals surface area contributed by atoms with Gasteiger partial charge in [-0.25, -0.2) is 4.79 Å². The van der Waals surface area contributed by atoms with Crippen molar-refractivity contribution >= 4 is 23.6 Å². The molecule has 0 aliphatic carbocycles. The standard InChI is InChI=1S/C15H21ClN2O3/c1-14(2,12(19)20)15(3,4)18-13(21)17-9-10-5-7-11(16)8-6-10/h5-8H,9H2,1-4H3,(H,19,20)(H2,17,18,21). The summed E-state index contributed by atoms with van der Waals surface area (Å²) in [5, 5.41) is 15.3. The highest BCUT2D eigenvalue weighted by Crippen LogP contribution is 2.30. The normalized spacial score (nSPS) is 11.9. The number of rotatable bonds is 5. The van der Waals surface area contributed by atoms with Crippen LogP contribution in [-0.4, -0.2) is 22.6 Å². The molecule has 0 aliphatic rings. The van der Waals surface area contributed by atoms with E-state index in [1.54, 1.807) is 39.8 Å². The zero-order valence-electron chi connectivity index (χ0n) is 12.7. The van der Waals surface area contributed by atoms with E-state index in [2.05, 4.69) is 10.6 Å². The maximum atomic E-state index is 11.9. The molecule has 1 rings (SSSR count). The number of hydrogen-bond donors (Lipinski definition) is 3. The molecule has 3 N–H and O–H groups in total. The van der Waals surface area contributed by atoms with Crippen LogP contribution in [0.2, 0.25) is 5.02 Å². The lowest BCUT2D eigenvalue weighted by molar-refractivity contribution is -0.150. The lowest BCUT2D eigenvalue weighted by Crippen LogP contribution is -2.58. The van der Waals surface area contributed by atoms with Crippen molar-refractivity contribution < 1.29 is 14.7 Å². The Morgan fingerprint density at radius 1 is 1.14 bits per heavy atom. The molecule has 0 aromatic heterocycles. The second-order valence-electron chi connectivity index (χ2n) is 5.99. The Labute approximate surface area is 129 Å². The number of carboxylic acids is 1. The Morgan fingerprint density at radius 2 is 1.67 bits per heavy atom. The minimum atomic E-state index is -1.09. The van der Waals surface area contributed by atoms with Gasteiger partial charge < -0.3 is 15.7 Å². The quantitative estimate of drug-likeness (QED) is 0.782. The number of carbonyl (C=O) groups excluding carboxylic acids is 1. The molecule has 0 heterocycles. The van der Waals surface area contributed by atoms with Gasteiger partial charge in [0.05, 0.1) is 11.0 Å². The second-order valence-corrected chi connectivity index (χ2v) is 6.43. The van der Waals surface area contributed by atoms with E-state index in [4.69, 9.17) is 11.6 Å². The molecule has 21 heavy (non-hydrogen) atoms. The van der Waals surface area contributed by atoms with Crippen LogP contribution in [0.1, 0.15) is 33.3 Å². The number of carboxylic acid groups (broad SMARTS) is 1. The molecule has 116 valence electrons. The zero-order chi connectivity index (χ0) is 16.3. The van der Waals surface area contributed by atoms with Gasteiger partial charge in [0, 0.05) is 11.6 Å². The van der Waals surface area contributed by atoms with Crippen LogP contribution in [0.25, 0.3) is 0 Å². The molecule has 0 bridgehead atoms. The first kappa shape index (κ1) is 17.3. The van der Waals surface area contributed by atoms with Crippen molar-refractivity contribution in [3.63, 3.8) is 0 Å². The summed E-state index contributed by atoms with van der Waals surface area (Å²) in [6.45, 7) is 6.86. The number of halogens is 1. The van der Waals surface area contributed by atoms with Crippen LogP contribution in [-0.2, 0) is 11.3 Å². The Balaban J connectivity index is 2.61. The van der Waals surface area contributed by atoms with Gasteiger partial charge in [0.25, 0.3) is 0 Å². The molecule has 0 unspecified atom stereocenters. The summed E-state index contributed by atoms with van der Waals surface area (Å²) in [4.78, 5) is 23.2. The van der Waals surface area contributed by atoms with Crippen LogP contribution >= 0.6 is 11.6 Å². The number of aliphatic carboxylic acids is 1. The molecule has 0 radical (unpaired) electrons. The molecule has 2 amide bonds. The molecule has 0 aliphatic heterocycles. The van der Waals surface area contributed by atoms with Crippen LogP contribution in [0.3, 0.4) is 0 Å². The van der Waals surface area contributed by atoms with E-state index >= 15 is 0 Å². The minimum absolute atomic E-state index is 0.340. The lowest BCUT2D eigenvalue weighted by Gasteiger charge is -2.38. The Morgan fingerprint density at radius 3 is 2.14 bits per heavy atom. The summed E-state index contributed by atoms with van der Waals surface area (Å²) in [6, 6.07) is 6.70. The van der Waals surface area contributed by atoms with Crippen molar-refractivity contribution in [1.29, 1.82) is 0 Å². The van der Waals surface area contributed by atoms with E-state index in [0.29, 0.717) is 11.6 Å². The average Bonchev–Trinajstić information content (AvgIpc) is 2.37. The van der Waals surface area contributed by atoms with Crippen molar-refractivity contribution in [3.05, 3.63) is 34.9 Å². The van der Waals surface area contributed by atoms with Gasteiger partial charge in [-0.15, -0.1) is 0 Å². The largest absolute Gasteiger partial charge is 0.481 e. The third-order valence-corrected chi connectivity index (χ3v) is 4.14. The van der Waals surface area contributed by atoms with E-state index in [1.165, 1.54) is 0 Å². The van der Waals surface area contributed by atoms with Crippen molar-refractivity contribution in [1.82, 2.24) is 10.6 Å². The van der Waals surface area contributed by atoms with Crippen LogP contribution in [0.15, 0.2) is 24.3 Å². The maximum absolute atomic E-state index is 11.9. The first-order valence-corrected chi connectivity index (χ1v) is 6.98. The third kappa shape index (κ3) is 4.36. The molecule has 1 aromatic carbocycles. The summed E-state index contributed by atoms with van der Waals surface area (Å²) < 4.78 is 0. The van der Waals surface area contributed by atoms with Gasteiger partial charge in [-0.05, 0) is 45.4 Å². The van der Waals surface area contributed by atoms with Crippen LogP contribution < -0.4 is 10.6 Å². The smallest absolute Gasteiger partial charge is 0.315 e. The highest BCUT2D eigenvalue weighted by Gasteiger charge is 2.44. The lowest BCUT2D eigenvalue weighted by atomic mass is 9.74. The summed E-state index contributed by atoms with van der Waals surface area (Å²) >= 11 is 5.79. The van der Waals surface area contributed by atoms with Crippen molar-refractivity contribution in [2.75, 3.05) is 0 Å². The first-order chi connectivity index (χ1) is 9.56. The molecule has 1 aromatic rings. The molecule has 0 atom stereocenters. The molecule has 0 saturated heterocycles. The Bertz CT molecular complexity index is 524. The fourth-order valence-corrected chi connectivity index (χ4v) is 1.66. The third-order valence-electron chi connectivity index (χ3n) is 3.89. The summed E-state index contributed by atoms with van der Waals surface area (Å²) in [5.41, 5.74) is -1.09. The molecule has 0 fully saturated rings. The molecule has 6 heteroatoms. The predicted molar refractivity (Wildman–Crippen MR) is 82.3 cm³/mol. The van der Waals surface area contributed by atoms with Crippen LogP contribution in [0.4, 0.5) is 4.79 Å². The number of carbonyl (C=O) groups is 2. The molecular formula is C15H21ClN2O3. The van der Waals surface area contributed by atoms with Gasteiger partial charge in [-0.1, -0.05) is 23.7 Å². The highest BCUT2D eigenvalue weighted by atomic mass is 35.5. The van der Waals surface area contributed by atoms with Gasteiger partial charge in [-0.2, -0.15) is 0 Å². The molecule has 0 saturated carbocycles. The SMILES string of the molecule is CC(C)(NC(=O)NCc1ccc(Cl)cc1)C(C)(C)C(=O)O. The number of urea groups is 1. The molecule has 5 nitrogen and oxygen atoms in total. The topological polar surface area (TPSA) is 78.4 Å². The summed E-state index contributed by atoms with van der Waals surface area (Å²) in [5.74, 6) is -0.967. The van der Waals surface area contributed by atoms with E-state index < -0.39 is 23.0 Å². The van der Waals surface area contributed by atoms with Gasteiger partial charge in [0.15, 0.2) is 0 Å². The number of hydrogen-bond acceptors (Lipinski definition) is 2. The minimum Gasteiger partial charge on any atom is -0.481 e. The van der Waals surface area contributed by atoms with Crippen molar-refractivity contribution in [3.8, 4) is 0 Å².